The maximum absolute atomic E-state index is 12.5. The lowest BCUT2D eigenvalue weighted by Crippen LogP contribution is -2.28. The summed E-state index contributed by atoms with van der Waals surface area (Å²) in [6.45, 7) is 3.38. The summed E-state index contributed by atoms with van der Waals surface area (Å²) in [5.41, 5.74) is -0.964. The molecule has 19 heavy (non-hydrogen) atoms. The molecule has 2 aromatic rings. The number of hydrogen-bond acceptors (Lipinski definition) is 2. The van der Waals surface area contributed by atoms with Crippen LogP contribution in [0.3, 0.4) is 0 Å². The van der Waals surface area contributed by atoms with Crippen molar-refractivity contribution < 1.29 is 2.78 Å². The lowest BCUT2D eigenvalue weighted by atomic mass is 10.2. The van der Waals surface area contributed by atoms with E-state index in [0.29, 0.717) is 10.8 Å². The molecular weight excluding hydrogens is 242 g/mol. The van der Waals surface area contributed by atoms with Gasteiger partial charge in [0.1, 0.15) is 0 Å². The monoisotopic (exact) mass is 261 g/mol. The lowest BCUT2D eigenvalue weighted by molar-refractivity contribution is 0.502. The van der Waals surface area contributed by atoms with E-state index in [-0.39, 0.29) is 0 Å². The van der Waals surface area contributed by atoms with Crippen LogP contribution in [-0.4, -0.2) is 14.3 Å². The van der Waals surface area contributed by atoms with Gasteiger partial charge in [0.15, 0.2) is 1.41 Å². The summed E-state index contributed by atoms with van der Waals surface area (Å²) in [4.78, 5) is 24.7. The van der Waals surface area contributed by atoms with Crippen molar-refractivity contribution in [3.8, 4) is 5.69 Å². The van der Waals surface area contributed by atoms with Crippen LogP contribution in [0.2, 0.25) is 1.41 Å². The Labute approximate surface area is 113 Å². The number of benzene rings is 1. The van der Waals surface area contributed by atoms with E-state index in [0.717, 1.165) is 9.25 Å². The molecule has 1 aromatic heterocycles. The number of nitrogens with zero attached hydrogens (tertiary/aromatic N) is 2. The highest BCUT2D eigenvalue weighted by molar-refractivity contribution is 5.30. The van der Waals surface area contributed by atoms with Crippen LogP contribution >= 0.6 is 0 Å². The quantitative estimate of drug-likeness (QED) is 0.854. The molecule has 0 unspecified atom stereocenters. The summed E-state index contributed by atoms with van der Waals surface area (Å²) in [5.74, 6) is 0. The van der Waals surface area contributed by atoms with Gasteiger partial charge in [-0.3, -0.25) is 0 Å². The van der Waals surface area contributed by atoms with Gasteiger partial charge in [0, 0.05) is 1.37 Å². The van der Waals surface area contributed by atoms with E-state index >= 15 is 0 Å². The average molecular weight is 261 g/mol. The molecule has 0 saturated carbocycles. The Balaban J connectivity index is 2.72. The van der Waals surface area contributed by atoms with Gasteiger partial charge >= 0.3 is 11.4 Å². The molecule has 0 saturated heterocycles. The topological polar surface area (TPSA) is 59.8 Å². The van der Waals surface area contributed by atoms with Gasteiger partial charge in [-0.05, 0) is 25.5 Å². The normalized spacial score (nSPS) is 16.1. The highest BCUT2D eigenvalue weighted by Crippen LogP contribution is 2.08. The zero-order chi connectivity index (χ0) is 15.6. The third-order valence-electron chi connectivity index (χ3n) is 2.80. The molecule has 0 aliphatic carbocycles. The van der Waals surface area contributed by atoms with Crippen molar-refractivity contribution in [3.05, 3.63) is 63.5 Å². The van der Waals surface area contributed by atoms with Gasteiger partial charge in [-0.1, -0.05) is 37.3 Å². The van der Waals surface area contributed by atoms with Crippen LogP contribution in [0.15, 0.2) is 52.1 Å². The van der Waals surface area contributed by atoms with E-state index in [1.165, 1.54) is 0 Å². The predicted molar refractivity (Wildman–Crippen MR) is 74.8 cm³/mol. The van der Waals surface area contributed by atoms with Gasteiger partial charge in [-0.2, -0.15) is 0 Å². The minimum atomic E-state index is -0.749. The first-order chi connectivity index (χ1) is 9.99. The molecule has 2 rings (SSSR count). The Bertz CT molecular complexity index is 757. The smallest absolute Gasteiger partial charge is 0.246 e. The van der Waals surface area contributed by atoms with Crippen molar-refractivity contribution in [2.45, 2.75) is 26.3 Å². The minimum Gasteiger partial charge on any atom is -0.246 e. The summed E-state index contributed by atoms with van der Waals surface area (Å²) in [5, 5.41) is 0.519. The van der Waals surface area contributed by atoms with Crippen LogP contribution in [-0.2, 0) is 0 Å². The molecule has 0 aliphatic heterocycles. The first-order valence-corrected chi connectivity index (χ1v) is 6.05. The summed E-state index contributed by atoms with van der Waals surface area (Å²) in [6.07, 6.45) is 2.67. The van der Waals surface area contributed by atoms with Gasteiger partial charge in [-0.15, -0.1) is 0 Å². The van der Waals surface area contributed by atoms with Crippen LogP contribution in [0.5, 0.6) is 0 Å². The number of aromatic nitrogens is 3. The standard InChI is InChI=1S/C14H17N3O2/c1-3-8-11(4-2)17-14(19)16(13(18)15-17)12-9-6-5-7-10-12/h3,5-11H,4H2,1-2H3,(H,15,18)/b8-3+/t11-/m1/s1/i4D/hD/t4-,11-. The molecule has 1 heterocycles. The highest BCUT2D eigenvalue weighted by atomic mass is 16.2. The molecule has 1 N–H and O–H groups in total. The number of rotatable bonds is 4. The highest BCUT2D eigenvalue weighted by Gasteiger charge is 2.15. The van der Waals surface area contributed by atoms with Crippen LogP contribution in [0, 0.1) is 0 Å². The first-order valence-electron chi connectivity index (χ1n) is 7.07. The summed E-state index contributed by atoms with van der Waals surface area (Å²) < 4.78 is 17.6. The van der Waals surface area contributed by atoms with E-state index < -0.39 is 23.8 Å². The molecule has 100 valence electrons. The number of aromatic amines is 1. The van der Waals surface area contributed by atoms with E-state index in [2.05, 4.69) is 0 Å². The third kappa shape index (κ3) is 2.45. The second-order valence-electron chi connectivity index (χ2n) is 4.03. The van der Waals surface area contributed by atoms with Crippen molar-refractivity contribution >= 4 is 0 Å². The number of para-hydroxylation sites is 1. The molecule has 0 spiro atoms. The van der Waals surface area contributed by atoms with Crippen LogP contribution < -0.4 is 11.4 Å². The molecule has 0 bridgehead atoms. The Morgan fingerprint density at radius 2 is 2.11 bits per heavy atom. The van der Waals surface area contributed by atoms with Crippen molar-refractivity contribution in [1.29, 1.82) is 0 Å². The molecular formula is C14H17N3O2. The number of H-pyrrole nitrogens is 1. The molecule has 0 aliphatic rings. The predicted octanol–water partition coefficient (Wildman–Crippen LogP) is 1.85. The van der Waals surface area contributed by atoms with Gasteiger partial charge in [-0.25, -0.2) is 23.9 Å². The Morgan fingerprint density at radius 1 is 1.42 bits per heavy atom. The van der Waals surface area contributed by atoms with E-state index in [1.807, 2.05) is 0 Å². The van der Waals surface area contributed by atoms with Crippen molar-refractivity contribution in [2.75, 3.05) is 0 Å². The summed E-state index contributed by atoms with van der Waals surface area (Å²) >= 11 is 0. The number of nitrogens with one attached hydrogen (secondary N) is 1. The fraction of sp³-hybridized carbons (Fsp3) is 0.286. The number of allylic oxidation sites excluding steroid dienone is 2. The Kier molecular flexibility index (Phi) is 3.10. The second kappa shape index (κ2) is 5.56. The van der Waals surface area contributed by atoms with E-state index in [9.17, 15) is 9.59 Å². The van der Waals surface area contributed by atoms with Crippen LogP contribution in [0.25, 0.3) is 5.69 Å². The van der Waals surface area contributed by atoms with Crippen LogP contribution in [0.4, 0.5) is 0 Å². The molecule has 0 amide bonds. The number of hydrogen-bond donors (Lipinski definition) is 1. The maximum atomic E-state index is 12.5. The zero-order valence-corrected chi connectivity index (χ0v) is 10.9. The van der Waals surface area contributed by atoms with Gasteiger partial charge in [0.2, 0.25) is 0 Å². The van der Waals surface area contributed by atoms with Crippen molar-refractivity contribution in [3.63, 3.8) is 0 Å². The summed E-state index contributed by atoms with van der Waals surface area (Å²) in [7, 11) is 0. The molecule has 0 radical (unpaired) electrons. The molecule has 2 atom stereocenters. The molecule has 5 nitrogen and oxygen atoms in total. The lowest BCUT2D eigenvalue weighted by Gasteiger charge is -2.09. The average Bonchev–Trinajstić information content (AvgIpc) is 2.68. The first kappa shape index (κ1) is 10.6. The fourth-order valence-corrected chi connectivity index (χ4v) is 1.89. The largest absolute Gasteiger partial charge is 0.352 e. The Morgan fingerprint density at radius 3 is 2.68 bits per heavy atom. The van der Waals surface area contributed by atoms with Crippen molar-refractivity contribution in [2.24, 2.45) is 0 Å². The Hall–Kier alpha value is -2.30. The minimum absolute atomic E-state index is 0.407. The van der Waals surface area contributed by atoms with Gasteiger partial charge < -0.3 is 0 Å². The summed E-state index contributed by atoms with van der Waals surface area (Å²) in [6, 6.07) is 7.79. The van der Waals surface area contributed by atoms with Gasteiger partial charge in [0.25, 0.3) is 0 Å². The fourth-order valence-electron chi connectivity index (χ4n) is 1.89. The zero-order valence-electron chi connectivity index (χ0n) is 12.9. The van der Waals surface area contributed by atoms with Gasteiger partial charge in [0.05, 0.1) is 11.7 Å². The van der Waals surface area contributed by atoms with Crippen molar-refractivity contribution in [1.82, 2.24) is 14.3 Å². The second-order valence-corrected chi connectivity index (χ2v) is 4.03. The molecule has 1 aromatic carbocycles. The van der Waals surface area contributed by atoms with E-state index in [1.54, 1.807) is 56.3 Å². The maximum Gasteiger partial charge on any atom is 0.352 e. The van der Waals surface area contributed by atoms with E-state index in [4.69, 9.17) is 2.78 Å². The molecule has 5 heteroatoms. The third-order valence-corrected chi connectivity index (χ3v) is 2.80. The molecule has 0 fully saturated rings. The SMILES string of the molecule is [2H][C@H](C)[C@H](/C=C/C)n1c(=O)n(-c2ccccc2)c(=O)n1[2H]. The van der Waals surface area contributed by atoms with Crippen LogP contribution in [0.1, 0.15) is 27.7 Å².